The highest BCUT2D eigenvalue weighted by molar-refractivity contribution is 6.30. The fourth-order valence-electron chi connectivity index (χ4n) is 2.74. The van der Waals surface area contributed by atoms with E-state index in [2.05, 4.69) is 10.3 Å². The Morgan fingerprint density at radius 2 is 1.96 bits per heavy atom. The first-order valence-corrected chi connectivity index (χ1v) is 8.34. The number of carbonyl (C=O) groups is 2. The van der Waals surface area contributed by atoms with Gasteiger partial charge < -0.3 is 15.2 Å². The summed E-state index contributed by atoms with van der Waals surface area (Å²) in [5.74, 6) is -1.93. The first-order valence-electron chi connectivity index (χ1n) is 7.96. The lowest BCUT2D eigenvalue weighted by Crippen LogP contribution is -2.35. The summed E-state index contributed by atoms with van der Waals surface area (Å²) in [5.41, 5.74) is 2.43. The van der Waals surface area contributed by atoms with Crippen molar-refractivity contribution in [2.45, 2.75) is 13.0 Å². The fraction of sp³-hybridized carbons (Fsp3) is 0.211. The van der Waals surface area contributed by atoms with Gasteiger partial charge in [0.1, 0.15) is 11.8 Å². The van der Waals surface area contributed by atoms with Crippen LogP contribution in [0.3, 0.4) is 0 Å². The van der Waals surface area contributed by atoms with Crippen LogP contribution in [0.1, 0.15) is 18.1 Å². The highest BCUT2D eigenvalue weighted by atomic mass is 35.5. The molecule has 1 aliphatic heterocycles. The molecule has 0 aliphatic carbocycles. The van der Waals surface area contributed by atoms with E-state index in [0.717, 1.165) is 5.56 Å². The van der Waals surface area contributed by atoms with Gasteiger partial charge in [0.15, 0.2) is 0 Å². The van der Waals surface area contributed by atoms with Crippen LogP contribution >= 0.6 is 11.6 Å². The van der Waals surface area contributed by atoms with Crippen molar-refractivity contribution in [2.24, 2.45) is 10.9 Å². The summed E-state index contributed by atoms with van der Waals surface area (Å²) in [5, 5.41) is 12.7. The third-order valence-corrected chi connectivity index (χ3v) is 4.51. The average molecular weight is 373 g/mol. The molecule has 26 heavy (non-hydrogen) atoms. The van der Waals surface area contributed by atoms with E-state index in [1.165, 1.54) is 6.92 Å². The van der Waals surface area contributed by atoms with Crippen LogP contribution in [0.2, 0.25) is 5.02 Å². The van der Waals surface area contributed by atoms with E-state index in [1.54, 1.807) is 49.6 Å². The van der Waals surface area contributed by atoms with Crippen LogP contribution < -0.4 is 10.1 Å². The van der Waals surface area contributed by atoms with Gasteiger partial charge in [-0.25, -0.2) is 0 Å². The van der Waals surface area contributed by atoms with E-state index >= 15 is 0 Å². The normalized spacial score (nSPS) is 17.4. The molecule has 2 aromatic carbocycles. The van der Waals surface area contributed by atoms with Crippen molar-refractivity contribution >= 4 is 34.9 Å². The first-order chi connectivity index (χ1) is 12.4. The van der Waals surface area contributed by atoms with Crippen LogP contribution in [0, 0.1) is 5.92 Å². The summed E-state index contributed by atoms with van der Waals surface area (Å²) in [6.07, 6.45) is 0. The molecule has 1 amide bonds. The number of fused-ring (bicyclic) bond motifs is 1. The SMILES string of the molecule is COc1ccc2c(c1)C(c1ccc(Cl)cc1)=N[C@@H](C(C)C(=O)O)C(=O)N2. The molecule has 0 fully saturated rings. The zero-order chi connectivity index (χ0) is 18.8. The zero-order valence-electron chi connectivity index (χ0n) is 14.2. The molecule has 7 heteroatoms. The predicted molar refractivity (Wildman–Crippen MR) is 99.3 cm³/mol. The van der Waals surface area contributed by atoms with Gasteiger partial charge in [-0.3, -0.25) is 14.6 Å². The molecular formula is C19H17ClN2O4. The molecule has 3 rings (SSSR count). The van der Waals surface area contributed by atoms with Crippen LogP contribution in [0.25, 0.3) is 0 Å². The molecule has 1 unspecified atom stereocenters. The number of methoxy groups -OCH3 is 1. The lowest BCUT2D eigenvalue weighted by atomic mass is 9.99. The van der Waals surface area contributed by atoms with E-state index in [1.807, 2.05) is 0 Å². The van der Waals surface area contributed by atoms with E-state index in [4.69, 9.17) is 16.3 Å². The number of carboxylic acids is 1. The number of carbonyl (C=O) groups excluding carboxylic acids is 1. The molecule has 0 aromatic heterocycles. The molecule has 0 saturated heterocycles. The summed E-state index contributed by atoms with van der Waals surface area (Å²) >= 11 is 5.97. The van der Waals surface area contributed by atoms with Crippen LogP contribution in [0.4, 0.5) is 5.69 Å². The van der Waals surface area contributed by atoms with E-state index in [9.17, 15) is 14.7 Å². The number of amides is 1. The molecule has 0 radical (unpaired) electrons. The Morgan fingerprint density at radius 3 is 2.58 bits per heavy atom. The number of rotatable bonds is 4. The van der Waals surface area contributed by atoms with E-state index in [-0.39, 0.29) is 0 Å². The number of anilines is 1. The molecule has 0 bridgehead atoms. The summed E-state index contributed by atoms with van der Waals surface area (Å²) in [4.78, 5) is 28.5. The number of benzene rings is 2. The molecule has 0 saturated carbocycles. The number of nitrogens with zero attached hydrogens (tertiary/aromatic N) is 1. The topological polar surface area (TPSA) is 88.0 Å². The zero-order valence-corrected chi connectivity index (χ0v) is 14.9. The Labute approximate surface area is 155 Å². The van der Waals surface area contributed by atoms with Gasteiger partial charge in [-0.1, -0.05) is 23.7 Å². The second-order valence-corrected chi connectivity index (χ2v) is 6.39. The number of carboxylic acid groups (broad SMARTS) is 1. The van der Waals surface area contributed by atoms with Gasteiger partial charge in [-0.15, -0.1) is 0 Å². The van der Waals surface area contributed by atoms with Crippen molar-refractivity contribution < 1.29 is 19.4 Å². The Hall–Kier alpha value is -2.86. The van der Waals surface area contributed by atoms with Crippen molar-refractivity contribution in [3.63, 3.8) is 0 Å². The Morgan fingerprint density at radius 1 is 1.27 bits per heavy atom. The van der Waals surface area contributed by atoms with Crippen LogP contribution in [-0.4, -0.2) is 35.8 Å². The van der Waals surface area contributed by atoms with Crippen LogP contribution in [0.5, 0.6) is 5.75 Å². The molecule has 2 N–H and O–H groups in total. The maximum absolute atomic E-state index is 12.6. The van der Waals surface area contributed by atoms with Gasteiger partial charge in [-0.05, 0) is 37.3 Å². The lowest BCUT2D eigenvalue weighted by molar-refractivity contribution is -0.143. The number of benzodiazepines with no additional fused rings is 1. The number of aliphatic carboxylic acids is 1. The number of nitrogens with one attached hydrogen (secondary N) is 1. The van der Waals surface area contributed by atoms with Crippen LogP contribution in [-0.2, 0) is 9.59 Å². The van der Waals surface area contributed by atoms with E-state index < -0.39 is 23.8 Å². The van der Waals surface area contributed by atoms with Crippen LogP contribution in [0.15, 0.2) is 47.5 Å². The van der Waals surface area contributed by atoms with E-state index in [0.29, 0.717) is 27.7 Å². The quantitative estimate of drug-likeness (QED) is 0.862. The Balaban J connectivity index is 2.22. The van der Waals surface area contributed by atoms with Gasteiger partial charge in [0.05, 0.1) is 24.4 Å². The second-order valence-electron chi connectivity index (χ2n) is 5.96. The molecular weight excluding hydrogens is 356 g/mol. The number of hydrogen-bond acceptors (Lipinski definition) is 4. The highest BCUT2D eigenvalue weighted by Gasteiger charge is 2.33. The molecule has 6 nitrogen and oxygen atoms in total. The smallest absolute Gasteiger partial charge is 0.308 e. The maximum atomic E-state index is 12.6. The van der Waals surface area contributed by atoms with Crippen molar-refractivity contribution in [1.29, 1.82) is 0 Å². The summed E-state index contributed by atoms with van der Waals surface area (Å²) in [6.45, 7) is 1.46. The summed E-state index contributed by atoms with van der Waals surface area (Å²) < 4.78 is 5.28. The molecule has 134 valence electrons. The Bertz CT molecular complexity index is 893. The largest absolute Gasteiger partial charge is 0.497 e. The Kier molecular flexibility index (Phi) is 4.95. The third kappa shape index (κ3) is 3.41. The number of halogens is 1. The minimum Gasteiger partial charge on any atom is -0.497 e. The number of ether oxygens (including phenoxy) is 1. The van der Waals surface area contributed by atoms with Gasteiger partial charge >= 0.3 is 5.97 Å². The maximum Gasteiger partial charge on any atom is 0.308 e. The minimum absolute atomic E-state index is 0.463. The van der Waals surface area contributed by atoms with Gasteiger partial charge in [0, 0.05) is 16.1 Å². The first kappa shape index (κ1) is 17.9. The van der Waals surface area contributed by atoms with Crippen molar-refractivity contribution in [3.8, 4) is 5.75 Å². The lowest BCUT2D eigenvalue weighted by Gasteiger charge is -2.15. The summed E-state index contributed by atoms with van der Waals surface area (Å²) in [6, 6.07) is 11.1. The summed E-state index contributed by atoms with van der Waals surface area (Å²) in [7, 11) is 1.55. The van der Waals surface area contributed by atoms with Crippen molar-refractivity contribution in [2.75, 3.05) is 12.4 Å². The fourth-order valence-corrected chi connectivity index (χ4v) is 2.87. The molecule has 2 aromatic rings. The monoisotopic (exact) mass is 372 g/mol. The van der Waals surface area contributed by atoms with Gasteiger partial charge in [-0.2, -0.15) is 0 Å². The van der Waals surface area contributed by atoms with Gasteiger partial charge in [0.25, 0.3) is 0 Å². The predicted octanol–water partition coefficient (Wildman–Crippen LogP) is 3.23. The van der Waals surface area contributed by atoms with Crippen molar-refractivity contribution in [1.82, 2.24) is 0 Å². The third-order valence-electron chi connectivity index (χ3n) is 4.26. The average Bonchev–Trinajstić information content (AvgIpc) is 2.77. The molecule has 0 spiro atoms. The number of hydrogen-bond donors (Lipinski definition) is 2. The molecule has 1 aliphatic rings. The number of aliphatic imine (C=N–C) groups is 1. The molecule has 1 heterocycles. The molecule has 2 atom stereocenters. The van der Waals surface area contributed by atoms with Gasteiger partial charge in [0.2, 0.25) is 5.91 Å². The minimum atomic E-state index is -1.09. The highest BCUT2D eigenvalue weighted by Crippen LogP contribution is 2.30. The van der Waals surface area contributed by atoms with Crippen molar-refractivity contribution in [3.05, 3.63) is 58.6 Å². The standard InChI is InChI=1S/C19H17ClN2O4/c1-10(19(24)25)16-18(23)21-15-8-7-13(26-2)9-14(15)17(22-16)11-3-5-12(20)6-4-11/h3-10,16H,1-2H3,(H,21,23)(H,24,25)/t10?,16-/m0/s1. The second kappa shape index (κ2) is 7.17.